The number of amides is 1. The molecule has 29 heavy (non-hydrogen) atoms. The SMILES string of the molecule is CCOc1cc(C#N)cc(Br)c1OCC(=O)N(CC)C(C)c1ccc(C#N)cc1. The summed E-state index contributed by atoms with van der Waals surface area (Å²) >= 11 is 3.38. The van der Waals surface area contributed by atoms with Crippen LogP contribution in [0.5, 0.6) is 11.5 Å². The first-order chi connectivity index (χ1) is 13.9. The van der Waals surface area contributed by atoms with Crippen LogP contribution < -0.4 is 9.47 Å². The van der Waals surface area contributed by atoms with Crippen molar-refractivity contribution >= 4 is 21.8 Å². The molecule has 0 saturated heterocycles. The maximum absolute atomic E-state index is 12.8. The molecule has 0 aromatic heterocycles. The molecule has 0 fully saturated rings. The summed E-state index contributed by atoms with van der Waals surface area (Å²) in [7, 11) is 0. The second kappa shape index (κ2) is 10.5. The van der Waals surface area contributed by atoms with E-state index in [0.717, 1.165) is 5.56 Å². The number of hydrogen-bond donors (Lipinski definition) is 0. The topological polar surface area (TPSA) is 86.3 Å². The van der Waals surface area contributed by atoms with Gasteiger partial charge in [0.1, 0.15) is 0 Å². The Bertz CT molecular complexity index is 946. The van der Waals surface area contributed by atoms with Gasteiger partial charge >= 0.3 is 0 Å². The predicted octanol–water partition coefficient (Wildman–Crippen LogP) is 4.58. The average Bonchev–Trinajstić information content (AvgIpc) is 2.73. The van der Waals surface area contributed by atoms with Crippen molar-refractivity contribution in [2.75, 3.05) is 19.8 Å². The van der Waals surface area contributed by atoms with Gasteiger partial charge in [-0.15, -0.1) is 0 Å². The van der Waals surface area contributed by atoms with Crippen LogP contribution in [0.25, 0.3) is 0 Å². The minimum atomic E-state index is -0.178. The number of rotatable bonds is 8. The van der Waals surface area contributed by atoms with Gasteiger partial charge in [0.25, 0.3) is 5.91 Å². The molecule has 0 radical (unpaired) electrons. The van der Waals surface area contributed by atoms with Gasteiger partial charge in [-0.1, -0.05) is 12.1 Å². The third kappa shape index (κ3) is 5.49. The largest absolute Gasteiger partial charge is 0.490 e. The zero-order valence-electron chi connectivity index (χ0n) is 16.6. The Kier molecular flexibility index (Phi) is 8.06. The molecule has 0 saturated carbocycles. The minimum absolute atomic E-state index is 0.167. The second-order valence-electron chi connectivity index (χ2n) is 6.21. The van der Waals surface area contributed by atoms with Crippen molar-refractivity contribution in [1.82, 2.24) is 4.90 Å². The molecular formula is C22H22BrN3O3. The van der Waals surface area contributed by atoms with E-state index in [9.17, 15) is 4.79 Å². The Morgan fingerprint density at radius 2 is 1.76 bits per heavy atom. The smallest absolute Gasteiger partial charge is 0.261 e. The third-order valence-electron chi connectivity index (χ3n) is 4.43. The number of carbonyl (C=O) groups is 1. The lowest BCUT2D eigenvalue weighted by Gasteiger charge is -2.28. The van der Waals surface area contributed by atoms with Crippen molar-refractivity contribution in [2.45, 2.75) is 26.8 Å². The van der Waals surface area contributed by atoms with Crippen LogP contribution in [0.3, 0.4) is 0 Å². The lowest BCUT2D eigenvalue weighted by Crippen LogP contribution is -2.37. The summed E-state index contributed by atoms with van der Waals surface area (Å²) in [6.07, 6.45) is 0. The Morgan fingerprint density at radius 3 is 2.31 bits per heavy atom. The van der Waals surface area contributed by atoms with E-state index in [4.69, 9.17) is 20.0 Å². The molecular weight excluding hydrogens is 434 g/mol. The average molecular weight is 456 g/mol. The molecule has 0 aliphatic rings. The van der Waals surface area contributed by atoms with Crippen molar-refractivity contribution in [1.29, 1.82) is 10.5 Å². The molecule has 150 valence electrons. The highest BCUT2D eigenvalue weighted by molar-refractivity contribution is 9.10. The van der Waals surface area contributed by atoms with Crippen LogP contribution in [-0.2, 0) is 4.79 Å². The lowest BCUT2D eigenvalue weighted by molar-refractivity contribution is -0.135. The summed E-state index contributed by atoms with van der Waals surface area (Å²) in [6, 6.07) is 14.4. The highest BCUT2D eigenvalue weighted by Crippen LogP contribution is 2.37. The first-order valence-corrected chi connectivity index (χ1v) is 10.0. The van der Waals surface area contributed by atoms with Gasteiger partial charge in [-0.3, -0.25) is 4.79 Å². The lowest BCUT2D eigenvalue weighted by atomic mass is 10.0. The molecule has 0 bridgehead atoms. The van der Waals surface area contributed by atoms with E-state index in [2.05, 4.69) is 28.1 Å². The van der Waals surface area contributed by atoms with E-state index in [0.29, 0.717) is 40.3 Å². The quantitative estimate of drug-likeness (QED) is 0.581. The third-order valence-corrected chi connectivity index (χ3v) is 5.02. The van der Waals surface area contributed by atoms with Gasteiger partial charge in [-0.05, 0) is 60.5 Å². The highest BCUT2D eigenvalue weighted by Gasteiger charge is 2.22. The predicted molar refractivity (Wildman–Crippen MR) is 112 cm³/mol. The standard InChI is InChI=1S/C22H22BrN3O3/c1-4-26(15(3)18-8-6-16(12-24)7-9-18)21(27)14-29-22-19(23)10-17(13-25)11-20(22)28-5-2/h6-11,15H,4-5,14H2,1-3H3. The number of likely N-dealkylation sites (N-methyl/N-ethyl adjacent to an activating group) is 1. The molecule has 2 aromatic carbocycles. The van der Waals surface area contributed by atoms with E-state index < -0.39 is 0 Å². The number of benzene rings is 2. The normalized spacial score (nSPS) is 11.1. The van der Waals surface area contributed by atoms with E-state index in [1.807, 2.05) is 32.9 Å². The molecule has 1 amide bonds. The second-order valence-corrected chi connectivity index (χ2v) is 7.06. The summed E-state index contributed by atoms with van der Waals surface area (Å²) in [4.78, 5) is 14.5. The van der Waals surface area contributed by atoms with Crippen LogP contribution in [0.4, 0.5) is 0 Å². The number of nitrogens with zero attached hydrogens (tertiary/aromatic N) is 3. The van der Waals surface area contributed by atoms with Gasteiger partial charge < -0.3 is 14.4 Å². The molecule has 2 aromatic rings. The van der Waals surface area contributed by atoms with Gasteiger partial charge in [-0.25, -0.2) is 0 Å². The Balaban J connectivity index is 2.16. The summed E-state index contributed by atoms with van der Waals surface area (Å²) < 4.78 is 11.9. The molecule has 1 unspecified atom stereocenters. The van der Waals surface area contributed by atoms with Crippen molar-refractivity contribution in [3.05, 3.63) is 57.6 Å². The maximum atomic E-state index is 12.8. The highest BCUT2D eigenvalue weighted by atomic mass is 79.9. The van der Waals surface area contributed by atoms with Gasteiger partial charge in [-0.2, -0.15) is 10.5 Å². The first-order valence-electron chi connectivity index (χ1n) is 9.23. The fourth-order valence-corrected chi connectivity index (χ4v) is 3.49. The monoisotopic (exact) mass is 455 g/mol. The Morgan fingerprint density at radius 1 is 1.10 bits per heavy atom. The van der Waals surface area contributed by atoms with E-state index in [1.54, 1.807) is 29.2 Å². The van der Waals surface area contributed by atoms with Crippen molar-refractivity contribution < 1.29 is 14.3 Å². The van der Waals surface area contributed by atoms with Crippen LogP contribution in [-0.4, -0.2) is 30.6 Å². The molecule has 0 N–H and O–H groups in total. The number of carbonyl (C=O) groups excluding carboxylic acids is 1. The van der Waals surface area contributed by atoms with Gasteiger partial charge in [0, 0.05) is 12.6 Å². The van der Waals surface area contributed by atoms with Crippen LogP contribution >= 0.6 is 15.9 Å². The first kappa shape index (κ1) is 22.3. The molecule has 0 aliphatic heterocycles. The molecule has 7 heteroatoms. The Labute approximate surface area is 179 Å². The van der Waals surface area contributed by atoms with Crippen LogP contribution in [0.1, 0.15) is 43.5 Å². The fourth-order valence-electron chi connectivity index (χ4n) is 2.93. The van der Waals surface area contributed by atoms with Crippen molar-refractivity contribution in [3.8, 4) is 23.6 Å². The van der Waals surface area contributed by atoms with Gasteiger partial charge in [0.05, 0.1) is 40.4 Å². The zero-order chi connectivity index (χ0) is 21.4. The fraction of sp³-hybridized carbons (Fsp3) is 0.318. The number of halogens is 1. The maximum Gasteiger partial charge on any atom is 0.261 e. The van der Waals surface area contributed by atoms with Crippen molar-refractivity contribution in [3.63, 3.8) is 0 Å². The molecule has 1 atom stereocenters. The summed E-state index contributed by atoms with van der Waals surface area (Å²) in [6.45, 7) is 6.42. The number of ether oxygens (including phenoxy) is 2. The summed E-state index contributed by atoms with van der Waals surface area (Å²) in [5, 5.41) is 18.1. The number of hydrogen-bond acceptors (Lipinski definition) is 5. The van der Waals surface area contributed by atoms with E-state index in [-0.39, 0.29) is 18.6 Å². The van der Waals surface area contributed by atoms with Crippen molar-refractivity contribution in [2.24, 2.45) is 0 Å². The van der Waals surface area contributed by atoms with Gasteiger partial charge in [0.15, 0.2) is 18.1 Å². The van der Waals surface area contributed by atoms with Crippen LogP contribution in [0.2, 0.25) is 0 Å². The minimum Gasteiger partial charge on any atom is -0.490 e. The van der Waals surface area contributed by atoms with Gasteiger partial charge in [0.2, 0.25) is 0 Å². The van der Waals surface area contributed by atoms with Crippen LogP contribution in [0.15, 0.2) is 40.9 Å². The molecule has 0 spiro atoms. The summed E-state index contributed by atoms with van der Waals surface area (Å²) in [5.74, 6) is 0.624. The Hall–Kier alpha value is -3.03. The van der Waals surface area contributed by atoms with E-state index in [1.165, 1.54) is 0 Å². The number of nitriles is 2. The summed E-state index contributed by atoms with van der Waals surface area (Å²) in [5.41, 5.74) is 1.95. The van der Waals surface area contributed by atoms with Crippen LogP contribution in [0, 0.1) is 22.7 Å². The van der Waals surface area contributed by atoms with E-state index >= 15 is 0 Å². The molecule has 0 heterocycles. The molecule has 6 nitrogen and oxygen atoms in total. The zero-order valence-corrected chi connectivity index (χ0v) is 18.2. The molecule has 2 rings (SSSR count). The molecule has 0 aliphatic carbocycles.